The van der Waals surface area contributed by atoms with Crippen LogP contribution in [0, 0.1) is 0 Å². The largest absolute Gasteiger partial charge is 0.244 e. The van der Waals surface area contributed by atoms with Gasteiger partial charge in [0.05, 0.1) is 4.90 Å². The molecular weight excluding hydrogens is 322 g/mol. The molecule has 6 heteroatoms. The van der Waals surface area contributed by atoms with E-state index in [0.29, 0.717) is 0 Å². The van der Waals surface area contributed by atoms with Crippen molar-refractivity contribution < 1.29 is 8.42 Å². The summed E-state index contributed by atoms with van der Waals surface area (Å²) < 4.78 is 27.4. The molecule has 1 heterocycles. The fraction of sp³-hybridized carbons (Fsp3) is 0.111. The molecule has 3 rings (SSSR count). The van der Waals surface area contributed by atoms with Crippen LogP contribution in [0.3, 0.4) is 0 Å². The number of nitrogens with one attached hydrogen (secondary N) is 1. The van der Waals surface area contributed by atoms with Gasteiger partial charge in [0, 0.05) is 24.0 Å². The second-order valence-electron chi connectivity index (χ2n) is 5.41. The summed E-state index contributed by atoms with van der Waals surface area (Å²) >= 11 is 0. The Labute approximate surface area is 141 Å². The van der Waals surface area contributed by atoms with Gasteiger partial charge in [0.25, 0.3) is 0 Å². The summed E-state index contributed by atoms with van der Waals surface area (Å²) in [4.78, 5) is 8.25. The second kappa shape index (κ2) is 6.90. The van der Waals surface area contributed by atoms with Crippen molar-refractivity contribution in [1.82, 2.24) is 14.7 Å². The van der Waals surface area contributed by atoms with Crippen molar-refractivity contribution >= 4 is 10.0 Å². The Morgan fingerprint density at radius 2 is 1.50 bits per heavy atom. The van der Waals surface area contributed by atoms with Crippen molar-refractivity contribution in [2.45, 2.75) is 17.9 Å². The van der Waals surface area contributed by atoms with Crippen LogP contribution in [0.25, 0.3) is 11.1 Å². The zero-order valence-electron chi connectivity index (χ0n) is 13.1. The first kappa shape index (κ1) is 16.3. The Bertz CT molecular complexity index is 896. The molecule has 122 valence electrons. The Morgan fingerprint density at radius 3 is 2.12 bits per heavy atom. The quantitative estimate of drug-likeness (QED) is 0.775. The molecule has 5 nitrogen and oxygen atoms in total. The first-order valence-electron chi connectivity index (χ1n) is 7.49. The molecule has 0 aliphatic carbocycles. The summed E-state index contributed by atoms with van der Waals surface area (Å²) in [6.45, 7) is 1.82. The number of hydrogen-bond donors (Lipinski definition) is 1. The van der Waals surface area contributed by atoms with Gasteiger partial charge in [-0.05, 0) is 30.2 Å². The Kier molecular flexibility index (Phi) is 4.69. The van der Waals surface area contributed by atoms with Gasteiger partial charge < -0.3 is 0 Å². The smallest absolute Gasteiger partial charge is 0.241 e. The van der Waals surface area contributed by atoms with Crippen LogP contribution in [-0.4, -0.2) is 18.4 Å². The molecule has 3 aromatic rings. The molecule has 1 unspecified atom stereocenters. The third kappa shape index (κ3) is 3.67. The van der Waals surface area contributed by atoms with E-state index in [2.05, 4.69) is 14.7 Å². The maximum absolute atomic E-state index is 12.4. The van der Waals surface area contributed by atoms with Gasteiger partial charge >= 0.3 is 0 Å². The lowest BCUT2D eigenvalue weighted by Crippen LogP contribution is -2.26. The minimum atomic E-state index is -3.54. The molecule has 0 radical (unpaired) electrons. The van der Waals surface area contributed by atoms with Gasteiger partial charge in [-0.2, -0.15) is 0 Å². The van der Waals surface area contributed by atoms with E-state index in [1.54, 1.807) is 42.7 Å². The molecule has 1 atom stereocenters. The number of benzene rings is 2. The molecule has 0 fully saturated rings. The van der Waals surface area contributed by atoms with E-state index in [1.165, 1.54) is 6.33 Å². The number of aromatic nitrogens is 2. The Hall–Kier alpha value is -2.57. The SMILES string of the molecule is CC(NS(=O)(=O)c1ccccc1)c1ccc(-c2cncnc2)cc1. The van der Waals surface area contributed by atoms with Crippen LogP contribution >= 0.6 is 0 Å². The Balaban J connectivity index is 1.77. The lowest BCUT2D eigenvalue weighted by Gasteiger charge is -2.15. The van der Waals surface area contributed by atoms with Gasteiger partial charge in [-0.3, -0.25) is 0 Å². The van der Waals surface area contributed by atoms with Crippen LogP contribution in [0.1, 0.15) is 18.5 Å². The molecule has 0 aliphatic rings. The highest BCUT2D eigenvalue weighted by Crippen LogP contribution is 2.22. The summed E-state index contributed by atoms with van der Waals surface area (Å²) in [5.74, 6) is 0. The maximum Gasteiger partial charge on any atom is 0.241 e. The van der Waals surface area contributed by atoms with E-state index in [4.69, 9.17) is 0 Å². The molecule has 0 aliphatic heterocycles. The fourth-order valence-electron chi connectivity index (χ4n) is 2.38. The van der Waals surface area contributed by atoms with Crippen LogP contribution in [0.2, 0.25) is 0 Å². The van der Waals surface area contributed by atoms with E-state index in [0.717, 1.165) is 16.7 Å². The summed E-state index contributed by atoms with van der Waals surface area (Å²) in [5.41, 5.74) is 2.79. The van der Waals surface area contributed by atoms with Crippen molar-refractivity contribution in [3.05, 3.63) is 78.9 Å². The highest BCUT2D eigenvalue weighted by Gasteiger charge is 2.17. The van der Waals surface area contributed by atoms with Gasteiger partial charge in [-0.15, -0.1) is 0 Å². The topological polar surface area (TPSA) is 72.0 Å². The summed E-state index contributed by atoms with van der Waals surface area (Å²) in [7, 11) is -3.54. The molecular formula is C18H17N3O2S. The molecule has 1 aromatic heterocycles. The Morgan fingerprint density at radius 1 is 0.875 bits per heavy atom. The molecule has 0 bridgehead atoms. The van der Waals surface area contributed by atoms with Crippen LogP contribution in [0.15, 0.2) is 78.2 Å². The first-order valence-corrected chi connectivity index (χ1v) is 8.97. The van der Waals surface area contributed by atoms with Crippen LogP contribution in [0.5, 0.6) is 0 Å². The molecule has 0 spiro atoms. The van der Waals surface area contributed by atoms with Gasteiger partial charge in [0.1, 0.15) is 6.33 Å². The second-order valence-corrected chi connectivity index (χ2v) is 7.12. The standard InChI is InChI=1S/C18H17N3O2S/c1-14(21-24(22,23)18-5-3-2-4-6-18)15-7-9-16(10-8-15)17-11-19-13-20-12-17/h2-14,21H,1H3. The number of hydrogen-bond acceptors (Lipinski definition) is 4. The van der Waals surface area contributed by atoms with Crippen LogP contribution in [-0.2, 0) is 10.0 Å². The van der Waals surface area contributed by atoms with Crippen LogP contribution < -0.4 is 4.72 Å². The average Bonchev–Trinajstić information content (AvgIpc) is 2.63. The van der Waals surface area contributed by atoms with Crippen molar-refractivity contribution in [3.8, 4) is 11.1 Å². The minimum Gasteiger partial charge on any atom is -0.244 e. The highest BCUT2D eigenvalue weighted by molar-refractivity contribution is 7.89. The van der Waals surface area contributed by atoms with Gasteiger partial charge in [-0.25, -0.2) is 23.1 Å². The highest BCUT2D eigenvalue weighted by atomic mass is 32.2. The van der Waals surface area contributed by atoms with Crippen LogP contribution in [0.4, 0.5) is 0 Å². The van der Waals surface area contributed by atoms with E-state index in [9.17, 15) is 8.42 Å². The fourth-order valence-corrected chi connectivity index (χ4v) is 3.63. The summed E-state index contributed by atoms with van der Waals surface area (Å²) in [6.07, 6.45) is 4.96. The summed E-state index contributed by atoms with van der Waals surface area (Å²) in [5, 5.41) is 0. The third-order valence-corrected chi connectivity index (χ3v) is 5.25. The average molecular weight is 339 g/mol. The van der Waals surface area contributed by atoms with E-state index >= 15 is 0 Å². The third-order valence-electron chi connectivity index (χ3n) is 3.69. The maximum atomic E-state index is 12.4. The van der Waals surface area contributed by atoms with Crippen molar-refractivity contribution in [1.29, 1.82) is 0 Å². The normalized spacial score (nSPS) is 12.7. The molecule has 0 amide bonds. The van der Waals surface area contributed by atoms with E-state index in [-0.39, 0.29) is 10.9 Å². The predicted octanol–water partition coefficient (Wildman–Crippen LogP) is 3.18. The molecule has 0 saturated carbocycles. The lowest BCUT2D eigenvalue weighted by molar-refractivity contribution is 0.567. The molecule has 24 heavy (non-hydrogen) atoms. The van der Waals surface area contributed by atoms with Gasteiger partial charge in [0.2, 0.25) is 10.0 Å². The predicted molar refractivity (Wildman–Crippen MR) is 92.6 cm³/mol. The van der Waals surface area contributed by atoms with Crippen molar-refractivity contribution in [3.63, 3.8) is 0 Å². The van der Waals surface area contributed by atoms with Gasteiger partial charge in [0.15, 0.2) is 0 Å². The molecule has 2 aromatic carbocycles. The van der Waals surface area contributed by atoms with Crippen molar-refractivity contribution in [2.75, 3.05) is 0 Å². The monoisotopic (exact) mass is 339 g/mol. The van der Waals surface area contributed by atoms with Gasteiger partial charge in [-0.1, -0.05) is 42.5 Å². The minimum absolute atomic E-state index is 0.259. The van der Waals surface area contributed by atoms with E-state index in [1.807, 2.05) is 31.2 Å². The zero-order chi connectivity index (χ0) is 17.0. The first-order chi connectivity index (χ1) is 11.6. The number of nitrogens with zero attached hydrogens (tertiary/aromatic N) is 2. The zero-order valence-corrected chi connectivity index (χ0v) is 13.9. The van der Waals surface area contributed by atoms with E-state index < -0.39 is 10.0 Å². The lowest BCUT2D eigenvalue weighted by atomic mass is 10.0. The molecule has 0 saturated heterocycles. The van der Waals surface area contributed by atoms with Crippen molar-refractivity contribution in [2.24, 2.45) is 0 Å². The number of sulfonamides is 1. The molecule has 1 N–H and O–H groups in total. The summed E-state index contributed by atoms with van der Waals surface area (Å²) in [6, 6.07) is 15.7. The number of rotatable bonds is 5.